The average molecular weight is 428 g/mol. The van der Waals surface area contributed by atoms with Crippen LogP contribution in [0.1, 0.15) is 15.9 Å². The zero-order valence-electron chi connectivity index (χ0n) is 16.1. The van der Waals surface area contributed by atoms with E-state index in [1.165, 1.54) is 11.8 Å². The molecule has 1 heterocycles. The van der Waals surface area contributed by atoms with Crippen LogP contribution in [0.2, 0.25) is 0 Å². The summed E-state index contributed by atoms with van der Waals surface area (Å²) in [6.45, 7) is 0.171. The summed E-state index contributed by atoms with van der Waals surface area (Å²) in [5.74, 6) is -0.506. The van der Waals surface area contributed by atoms with Gasteiger partial charge < -0.3 is 14.6 Å². The van der Waals surface area contributed by atoms with Crippen molar-refractivity contribution in [1.82, 2.24) is 9.55 Å². The minimum absolute atomic E-state index is 0.171. The normalized spacial score (nSPS) is 10.6. The Balaban J connectivity index is 1.59. The summed E-state index contributed by atoms with van der Waals surface area (Å²) in [4.78, 5) is 30.2. The molecule has 0 atom stereocenters. The van der Waals surface area contributed by atoms with Gasteiger partial charge >= 0.3 is 5.97 Å². The van der Waals surface area contributed by atoms with Crippen molar-refractivity contribution < 1.29 is 14.3 Å². The predicted molar refractivity (Wildman–Crippen MR) is 116 cm³/mol. The van der Waals surface area contributed by atoms with Crippen molar-refractivity contribution in [1.29, 1.82) is 0 Å². The minimum Gasteiger partial charge on any atom is -0.457 e. The van der Waals surface area contributed by atoms with Crippen LogP contribution in [-0.2, 0) is 23.2 Å². The van der Waals surface area contributed by atoms with E-state index in [1.54, 1.807) is 42.2 Å². The van der Waals surface area contributed by atoms with E-state index in [4.69, 9.17) is 4.74 Å². The van der Waals surface area contributed by atoms with Gasteiger partial charge in [-0.3, -0.25) is 4.79 Å². The van der Waals surface area contributed by atoms with Gasteiger partial charge in [0.2, 0.25) is 5.91 Å². The van der Waals surface area contributed by atoms with Crippen molar-refractivity contribution in [3.63, 3.8) is 0 Å². The highest BCUT2D eigenvalue weighted by Gasteiger charge is 2.15. The Morgan fingerprint density at radius 2 is 1.90 bits per heavy atom. The molecule has 0 unspecified atom stereocenters. The molecule has 3 rings (SSSR count). The molecule has 0 spiro atoms. The fourth-order valence-electron chi connectivity index (χ4n) is 2.53. The van der Waals surface area contributed by atoms with E-state index in [9.17, 15) is 9.59 Å². The van der Waals surface area contributed by atoms with Gasteiger partial charge in [-0.1, -0.05) is 36.0 Å². The summed E-state index contributed by atoms with van der Waals surface area (Å²) >= 11 is 2.98. The highest BCUT2D eigenvalue weighted by Crippen LogP contribution is 2.20. The van der Waals surface area contributed by atoms with E-state index >= 15 is 0 Å². The zero-order chi connectivity index (χ0) is 20.6. The first-order chi connectivity index (χ1) is 14.1. The number of rotatable bonds is 8. The quantitative estimate of drug-likeness (QED) is 0.428. The number of hydrogen-bond donors (Lipinski definition) is 1. The van der Waals surface area contributed by atoms with Gasteiger partial charge in [-0.05, 0) is 36.1 Å². The van der Waals surface area contributed by atoms with Crippen molar-refractivity contribution in [3.05, 3.63) is 72.1 Å². The van der Waals surface area contributed by atoms with Crippen LogP contribution in [0, 0.1) is 0 Å². The SMILES string of the molecule is CSc1ccc(COC(=O)c2ccccc2NC(=O)CSc2nccn2C)cc1. The molecular formula is C21H21N3O3S2. The number of aromatic nitrogens is 2. The van der Waals surface area contributed by atoms with Crippen LogP contribution in [0.3, 0.4) is 0 Å². The molecule has 0 saturated heterocycles. The Morgan fingerprint density at radius 1 is 1.14 bits per heavy atom. The van der Waals surface area contributed by atoms with E-state index in [-0.39, 0.29) is 18.3 Å². The van der Waals surface area contributed by atoms with E-state index in [2.05, 4.69) is 10.3 Å². The van der Waals surface area contributed by atoms with Crippen LogP contribution in [0.5, 0.6) is 0 Å². The van der Waals surface area contributed by atoms with Gasteiger partial charge in [-0.15, -0.1) is 11.8 Å². The molecule has 1 aromatic heterocycles. The highest BCUT2D eigenvalue weighted by molar-refractivity contribution is 7.99. The van der Waals surface area contributed by atoms with Crippen LogP contribution in [-0.4, -0.2) is 33.4 Å². The number of carbonyl (C=O) groups is 2. The van der Waals surface area contributed by atoms with Crippen molar-refractivity contribution in [2.45, 2.75) is 16.7 Å². The van der Waals surface area contributed by atoms with Crippen molar-refractivity contribution in [2.75, 3.05) is 17.3 Å². The van der Waals surface area contributed by atoms with E-state index < -0.39 is 5.97 Å². The Kier molecular flexibility index (Phi) is 7.37. The summed E-state index contributed by atoms with van der Waals surface area (Å²) in [5, 5.41) is 3.54. The first kappa shape index (κ1) is 21.0. The second-order valence-corrected chi connectivity index (χ2v) is 7.95. The molecule has 2 aromatic carbocycles. The first-order valence-corrected chi connectivity index (χ1v) is 11.1. The number of amides is 1. The lowest BCUT2D eigenvalue weighted by Gasteiger charge is -2.11. The van der Waals surface area contributed by atoms with Gasteiger partial charge in [0.25, 0.3) is 0 Å². The molecule has 3 aromatic rings. The van der Waals surface area contributed by atoms with Crippen molar-refractivity contribution in [3.8, 4) is 0 Å². The molecule has 0 bridgehead atoms. The number of hydrogen-bond acceptors (Lipinski definition) is 6. The lowest BCUT2D eigenvalue weighted by molar-refractivity contribution is -0.113. The van der Waals surface area contributed by atoms with Crippen LogP contribution < -0.4 is 5.32 Å². The molecule has 29 heavy (non-hydrogen) atoms. The Bertz CT molecular complexity index is 987. The van der Waals surface area contributed by atoms with E-state index in [1.807, 2.05) is 48.3 Å². The summed E-state index contributed by atoms with van der Waals surface area (Å²) in [7, 11) is 1.87. The second kappa shape index (κ2) is 10.2. The van der Waals surface area contributed by atoms with Gasteiger partial charge in [0, 0.05) is 24.3 Å². The van der Waals surface area contributed by atoms with Gasteiger partial charge in [-0.2, -0.15) is 0 Å². The maximum absolute atomic E-state index is 12.5. The number of nitrogens with zero attached hydrogens (tertiary/aromatic N) is 2. The number of thioether (sulfide) groups is 2. The summed E-state index contributed by atoms with van der Waals surface area (Å²) in [6.07, 6.45) is 5.51. The van der Waals surface area contributed by atoms with Gasteiger partial charge in [0.05, 0.1) is 17.0 Å². The first-order valence-electron chi connectivity index (χ1n) is 8.86. The number of carbonyl (C=O) groups excluding carboxylic acids is 2. The number of imidazole rings is 1. The van der Waals surface area contributed by atoms with E-state index in [0.717, 1.165) is 15.6 Å². The van der Waals surface area contributed by atoms with Crippen LogP contribution in [0.25, 0.3) is 0 Å². The molecule has 0 aliphatic rings. The van der Waals surface area contributed by atoms with Crippen molar-refractivity contribution >= 4 is 41.1 Å². The monoisotopic (exact) mass is 427 g/mol. The molecule has 1 N–H and O–H groups in total. The summed E-state index contributed by atoms with van der Waals surface area (Å²) in [5.41, 5.74) is 1.66. The maximum atomic E-state index is 12.5. The van der Waals surface area contributed by atoms with Crippen LogP contribution >= 0.6 is 23.5 Å². The van der Waals surface area contributed by atoms with Gasteiger partial charge in [-0.25, -0.2) is 9.78 Å². The molecule has 0 radical (unpaired) electrons. The predicted octanol–water partition coefficient (Wildman–Crippen LogP) is 4.23. The lowest BCUT2D eigenvalue weighted by atomic mass is 10.1. The third-order valence-electron chi connectivity index (χ3n) is 4.06. The molecule has 8 heteroatoms. The van der Waals surface area contributed by atoms with Gasteiger partial charge in [0.1, 0.15) is 6.61 Å². The topological polar surface area (TPSA) is 73.2 Å². The minimum atomic E-state index is -0.480. The molecule has 0 aliphatic heterocycles. The van der Waals surface area contributed by atoms with Crippen LogP contribution in [0.15, 0.2) is 71.0 Å². The zero-order valence-corrected chi connectivity index (χ0v) is 17.8. The summed E-state index contributed by atoms with van der Waals surface area (Å²) < 4.78 is 7.27. The number of nitrogens with one attached hydrogen (secondary N) is 1. The molecule has 150 valence electrons. The van der Waals surface area contributed by atoms with E-state index in [0.29, 0.717) is 11.3 Å². The largest absolute Gasteiger partial charge is 0.457 e. The molecule has 0 saturated carbocycles. The molecule has 1 amide bonds. The Hall–Kier alpha value is -2.71. The van der Waals surface area contributed by atoms with Crippen molar-refractivity contribution in [2.24, 2.45) is 7.05 Å². The maximum Gasteiger partial charge on any atom is 0.340 e. The fraction of sp³-hybridized carbons (Fsp3) is 0.190. The lowest BCUT2D eigenvalue weighted by Crippen LogP contribution is -2.17. The molecule has 0 aliphatic carbocycles. The fourth-order valence-corrected chi connectivity index (χ4v) is 3.67. The Morgan fingerprint density at radius 3 is 2.59 bits per heavy atom. The van der Waals surface area contributed by atoms with Gasteiger partial charge in [0.15, 0.2) is 5.16 Å². The highest BCUT2D eigenvalue weighted by atomic mass is 32.2. The third kappa shape index (κ3) is 5.88. The third-order valence-corrected chi connectivity index (χ3v) is 5.86. The summed E-state index contributed by atoms with van der Waals surface area (Å²) in [6, 6.07) is 14.7. The number of ether oxygens (including phenoxy) is 1. The Labute approximate surface area is 178 Å². The number of para-hydroxylation sites is 1. The molecule has 0 fully saturated rings. The van der Waals surface area contributed by atoms with Crippen LogP contribution in [0.4, 0.5) is 5.69 Å². The number of anilines is 1. The number of esters is 1. The average Bonchev–Trinajstić information content (AvgIpc) is 3.16. The molecule has 6 nitrogen and oxygen atoms in total. The molecular weight excluding hydrogens is 406 g/mol. The smallest absolute Gasteiger partial charge is 0.340 e. The standard InChI is InChI=1S/C21H21N3O3S2/c1-24-12-11-22-21(24)29-14-19(25)23-18-6-4-3-5-17(18)20(26)27-13-15-7-9-16(28-2)10-8-15/h3-12H,13-14H2,1-2H3,(H,23,25). The number of benzene rings is 2. The number of aryl methyl sites for hydroxylation is 1. The second-order valence-electron chi connectivity index (χ2n) is 6.13.